The van der Waals surface area contributed by atoms with E-state index in [0.29, 0.717) is 57.4 Å². The first-order chi connectivity index (χ1) is 50.2. The average Bonchev–Trinajstić information content (AvgIpc) is 0.765. The van der Waals surface area contributed by atoms with Crippen molar-refractivity contribution in [1.29, 1.82) is 0 Å². The Bertz CT molecular complexity index is 3900. The van der Waals surface area contributed by atoms with Gasteiger partial charge in [-0.25, -0.2) is 13.2 Å². The van der Waals surface area contributed by atoms with E-state index in [1.165, 1.54) is 32.9 Å². The Hall–Kier alpha value is -6.35. The topological polar surface area (TPSA) is 0 Å². The van der Waals surface area contributed by atoms with Crippen LogP contribution < -0.4 is 0 Å². The molecule has 43 heteroatoms. The Morgan fingerprint density at radius 1 is 0.221 bits per heavy atom. The smallest absolute Gasteiger partial charge is 0.205 e. The summed E-state index contributed by atoms with van der Waals surface area (Å²) in [7, 11) is 0. The van der Waals surface area contributed by atoms with E-state index in [2.05, 4.69) is 31.9 Å². The zero-order valence-corrected chi connectivity index (χ0v) is 64.9. The van der Waals surface area contributed by atoms with Crippen molar-refractivity contribution in [3.63, 3.8) is 0 Å². The Morgan fingerprint density at radius 3 is 0.779 bits per heavy atom. The molecule has 8 aromatic carbocycles. The zero-order chi connectivity index (χ0) is 89.3. The fourth-order valence-electron chi connectivity index (χ4n) is 8.56. The molecule has 0 aliphatic heterocycles. The first-order valence-electron chi connectivity index (χ1n) is 29.6. The van der Waals surface area contributed by atoms with Crippen molar-refractivity contribution in [3.05, 3.63) is 271 Å². The van der Waals surface area contributed by atoms with Crippen LogP contribution in [-0.2, 0) is 67.9 Å². The summed E-state index contributed by atoms with van der Waals surface area (Å²) >= 11 is 32.8. The van der Waals surface area contributed by atoms with Crippen LogP contribution in [0.1, 0.15) is 122 Å². The van der Waals surface area contributed by atoms with Crippen LogP contribution in [0, 0.1) is 93.6 Å². The van der Waals surface area contributed by atoms with Crippen molar-refractivity contribution >= 4 is 89.9 Å². The van der Waals surface area contributed by atoms with Crippen LogP contribution in [0.4, 0.5) is 158 Å². The van der Waals surface area contributed by atoms with Crippen molar-refractivity contribution in [3.8, 4) is 0 Å². The van der Waals surface area contributed by atoms with Gasteiger partial charge >= 0.3 is 67.9 Å². The van der Waals surface area contributed by atoms with Crippen LogP contribution in [0.25, 0.3) is 0 Å². The minimum absolute atomic E-state index is 0.0262. The zero-order valence-electron chi connectivity index (χ0n) is 58.0. The van der Waals surface area contributed by atoms with Crippen LogP contribution in [0.2, 0.25) is 25.1 Å². The van der Waals surface area contributed by atoms with Crippen LogP contribution in [-0.4, -0.2) is 0 Å². The molecule has 0 bridgehead atoms. The van der Waals surface area contributed by atoms with Gasteiger partial charge in [0, 0.05) is 9.50 Å². The lowest BCUT2D eigenvalue weighted by molar-refractivity contribution is -0.164. The number of halogens is 43. The van der Waals surface area contributed by atoms with Gasteiger partial charge < -0.3 is 0 Å². The van der Waals surface area contributed by atoms with Crippen LogP contribution in [0.5, 0.6) is 0 Å². The molecular weight excluding hydrogens is 1860 g/mol. The fourth-order valence-corrected chi connectivity index (χ4v) is 10.6. The highest BCUT2D eigenvalue weighted by molar-refractivity contribution is 9.10. The molecular formula is C70H49Br2Cl5F36. The first-order valence-corrected chi connectivity index (χ1v) is 33.1. The second-order valence-corrected chi connectivity index (χ2v) is 27.0. The number of aryl methyl sites for hydroxylation is 9. The van der Waals surface area contributed by atoms with Crippen LogP contribution in [0.3, 0.4) is 0 Å². The highest BCUT2D eigenvalue weighted by Crippen LogP contribution is 2.47. The molecule has 0 aliphatic carbocycles. The number of hydrogen-bond acceptors (Lipinski definition) is 0. The van der Waals surface area contributed by atoms with Gasteiger partial charge in [0.05, 0.1) is 85.8 Å². The van der Waals surface area contributed by atoms with Crippen LogP contribution >= 0.6 is 89.9 Å². The molecule has 0 unspecified atom stereocenters. The van der Waals surface area contributed by atoms with E-state index >= 15 is 0 Å². The van der Waals surface area contributed by atoms with Gasteiger partial charge in [0.2, 0.25) is 0 Å². The highest BCUT2D eigenvalue weighted by atomic mass is 79.9. The molecule has 630 valence electrons. The van der Waals surface area contributed by atoms with E-state index in [1.54, 1.807) is 34.6 Å². The number of benzene rings is 8. The number of hydrogen-bond donors (Lipinski definition) is 0. The first kappa shape index (κ1) is 105. The summed E-state index contributed by atoms with van der Waals surface area (Å²) in [6.45, 7) is 15.4. The molecule has 8 rings (SSSR count). The van der Waals surface area contributed by atoms with E-state index in [-0.39, 0.29) is 48.4 Å². The predicted molar refractivity (Wildman–Crippen MR) is 359 cm³/mol. The molecule has 8 aromatic rings. The van der Waals surface area contributed by atoms with Crippen molar-refractivity contribution in [2.75, 3.05) is 0 Å². The minimum atomic E-state index is -5.53. The van der Waals surface area contributed by atoms with Gasteiger partial charge in [-0.3, -0.25) is 0 Å². The monoisotopic (exact) mass is 1910 g/mol. The third kappa shape index (κ3) is 32.2. The Kier molecular flexibility index (Phi) is 36.4. The van der Waals surface area contributed by atoms with Gasteiger partial charge in [-0.15, -0.1) is 0 Å². The molecule has 0 atom stereocenters. The summed E-state index contributed by atoms with van der Waals surface area (Å²) in [5, 5.41) is -1.49. The van der Waals surface area contributed by atoms with Crippen LogP contribution in [0.15, 0.2) is 106 Å². The quantitative estimate of drug-likeness (QED) is 0.133. The van der Waals surface area contributed by atoms with Crippen molar-refractivity contribution in [2.45, 2.75) is 144 Å². The third-order valence-corrected chi connectivity index (χ3v) is 18.1. The second kappa shape index (κ2) is 39.3. The van der Waals surface area contributed by atoms with Gasteiger partial charge in [0.15, 0.2) is 0 Å². The molecule has 0 spiro atoms. The third-order valence-electron chi connectivity index (χ3n) is 14.5. The minimum Gasteiger partial charge on any atom is -0.205 e. The molecule has 0 heterocycles. The molecule has 0 aromatic heterocycles. The Labute approximate surface area is 659 Å². The molecule has 0 saturated heterocycles. The van der Waals surface area contributed by atoms with E-state index in [9.17, 15) is 158 Å². The predicted octanol–water partition coefficient (Wildman–Crippen LogP) is 33.3. The van der Waals surface area contributed by atoms with E-state index in [1.807, 2.05) is 6.92 Å². The maximum absolute atomic E-state index is 12.9. The van der Waals surface area contributed by atoms with Crippen molar-refractivity contribution in [1.82, 2.24) is 0 Å². The molecule has 113 heavy (non-hydrogen) atoms. The molecule has 0 N–H and O–H groups in total. The normalized spacial score (nSPS) is 12.3. The molecule has 0 fully saturated rings. The summed E-state index contributed by atoms with van der Waals surface area (Å²) in [5.41, 5.74) is -11.1. The summed E-state index contributed by atoms with van der Waals surface area (Å²) in [6.07, 6.45) is -51.9. The maximum atomic E-state index is 12.9. The van der Waals surface area contributed by atoms with Crippen molar-refractivity contribution in [2.24, 2.45) is 0 Å². The van der Waals surface area contributed by atoms with Gasteiger partial charge in [0.25, 0.3) is 0 Å². The molecule has 0 amide bonds. The SMILES string of the molecule is Cc1cc(C(F)(F)F)cc(Br)c1F.Cc1cc(C(F)(F)F)cc(C(F)(F)F)c1C(F)(F)F.Cc1cc(C(F)(F)F)cc(C)c1C.Cc1cc(C(F)(F)F)cc(Cl)c1Br.Cc1cc(C(F)(F)F)cc(Cl)c1C.Cc1cc(C(F)(F)F)cc(Cl)c1C(F)(F)F.Cc1cc(C(F)(F)F)cc(Cl)c1F.Cc1cc(C(F)(F)F)cc(F)c1Cl. The van der Waals surface area contributed by atoms with E-state index in [4.69, 9.17) is 58.0 Å². The summed E-state index contributed by atoms with van der Waals surface area (Å²) in [4.78, 5) is 0. The fraction of sp³-hybridized carbons (Fsp3) is 0.314. The number of rotatable bonds is 0. The standard InChI is InChI=1S/C10H5F9.C10H11F3.C9H5ClF6.C9H8ClF3.C8H5BrClF3.C8H5BrF4.2C8H5ClF4/c1-4-2-5(8(11,12)13)3-6(9(14,15)16)7(4)10(17,18)19;1-6-4-9(10(11,12)13)5-7(2)8(6)3;1-4-2-5(8(11,12)13)3-6(10)7(4)9(14,15)16;1-5-3-7(9(11,12)13)4-8(10)6(5)2;1-4-2-5(8(11,12)13)3-6(10)7(4)9;1-4-2-5(8(11,12)13)3-6(9)7(4)10;1-4-2-5(8(11,12)13)3-6(10)7(4)9;1-4-2-5(8(11,12)13)3-6(9)7(4)10/h2-3H,1H3;4-5H,1-3H3;2-3H,1H3;3-4H,1-2H3;4*2-3H,1H3. The summed E-state index contributed by atoms with van der Waals surface area (Å²) in [6, 6.07) is 10.6. The van der Waals surface area contributed by atoms with Gasteiger partial charge in [-0.2, -0.15) is 145 Å². The largest absolute Gasteiger partial charge is 0.418 e. The van der Waals surface area contributed by atoms with E-state index in [0.717, 1.165) is 61.0 Å². The van der Waals surface area contributed by atoms with E-state index < -0.39 is 174 Å². The highest BCUT2D eigenvalue weighted by Gasteiger charge is 2.47. The lowest BCUT2D eigenvalue weighted by atomic mass is 9.97. The van der Waals surface area contributed by atoms with Gasteiger partial charge in [0.1, 0.15) is 17.5 Å². The summed E-state index contributed by atoms with van der Waals surface area (Å²) in [5.74, 6) is -2.52. The Morgan fingerprint density at radius 2 is 0.478 bits per heavy atom. The Balaban J connectivity index is 0.000000648. The van der Waals surface area contributed by atoms with Gasteiger partial charge in [-0.05, 0) is 266 Å². The lowest BCUT2D eigenvalue weighted by Crippen LogP contribution is -2.20. The average molecular weight is 1910 g/mol. The van der Waals surface area contributed by atoms with Gasteiger partial charge in [-0.1, -0.05) is 58.0 Å². The summed E-state index contributed by atoms with van der Waals surface area (Å²) < 4.78 is 443. The molecule has 0 saturated carbocycles. The molecule has 0 aliphatic rings. The maximum Gasteiger partial charge on any atom is 0.418 e. The molecule has 0 nitrogen and oxygen atoms in total. The number of alkyl halides is 33. The second-order valence-electron chi connectivity index (χ2n) is 23.3. The molecule has 0 radical (unpaired) electrons. The van der Waals surface area contributed by atoms with Crippen molar-refractivity contribution < 1.29 is 158 Å². The lowest BCUT2D eigenvalue weighted by Gasteiger charge is -2.20.